The van der Waals surface area contributed by atoms with Crippen molar-refractivity contribution >= 4 is 37.8 Å². The second-order valence-electron chi connectivity index (χ2n) is 9.58. The Balaban J connectivity index is 1.50. The van der Waals surface area contributed by atoms with Crippen LogP contribution in [0, 0.1) is 0 Å². The van der Waals surface area contributed by atoms with E-state index in [4.69, 9.17) is 9.73 Å². The Morgan fingerprint density at radius 3 is 2.41 bits per heavy atom. The van der Waals surface area contributed by atoms with Gasteiger partial charge in [0.25, 0.3) is 0 Å². The number of rotatable bonds is 10. The molecule has 1 aliphatic heterocycles. The summed E-state index contributed by atoms with van der Waals surface area (Å²) in [5.41, 5.74) is 3.09. The first kappa shape index (κ1) is 27.7. The van der Waals surface area contributed by atoms with Crippen LogP contribution in [0.3, 0.4) is 0 Å². The first-order valence-electron chi connectivity index (χ1n) is 13.6. The van der Waals surface area contributed by atoms with Crippen molar-refractivity contribution in [3.8, 4) is 11.3 Å². The van der Waals surface area contributed by atoms with Crippen molar-refractivity contribution in [1.82, 2.24) is 13.8 Å². The fraction of sp³-hybridized carbons (Fsp3) is 0.367. The molecule has 0 aliphatic carbocycles. The topological polar surface area (TPSA) is 67.1 Å². The van der Waals surface area contributed by atoms with E-state index in [1.165, 1.54) is 20.6 Å². The summed E-state index contributed by atoms with van der Waals surface area (Å²) in [6.07, 6.45) is 1.01. The highest BCUT2D eigenvalue weighted by molar-refractivity contribution is 7.89. The molecule has 7 nitrogen and oxygen atoms in total. The highest BCUT2D eigenvalue weighted by atomic mass is 32.2. The van der Waals surface area contributed by atoms with Gasteiger partial charge in [-0.15, -0.1) is 11.3 Å². The molecule has 5 rings (SSSR count). The fourth-order valence-corrected chi connectivity index (χ4v) is 7.38. The molecule has 1 aliphatic rings. The van der Waals surface area contributed by atoms with E-state index in [9.17, 15) is 8.42 Å². The molecule has 0 radical (unpaired) electrons. The van der Waals surface area contributed by atoms with Crippen LogP contribution in [0.15, 0.2) is 82.0 Å². The maximum atomic E-state index is 13.0. The van der Waals surface area contributed by atoms with Crippen LogP contribution in [0.5, 0.6) is 0 Å². The number of morpholine rings is 1. The summed E-state index contributed by atoms with van der Waals surface area (Å²) in [5.74, 6) is 0. The lowest BCUT2D eigenvalue weighted by Gasteiger charge is -2.26. The van der Waals surface area contributed by atoms with E-state index in [1.807, 2.05) is 0 Å². The molecule has 0 N–H and O–H groups in total. The highest BCUT2D eigenvalue weighted by Crippen LogP contribution is 2.29. The third-order valence-corrected chi connectivity index (χ3v) is 10.1. The molecule has 0 atom stereocenters. The Labute approximate surface area is 235 Å². The van der Waals surface area contributed by atoms with Gasteiger partial charge >= 0.3 is 0 Å². The minimum Gasteiger partial charge on any atom is -0.379 e. The zero-order chi connectivity index (χ0) is 27.2. The number of thiazole rings is 1. The average Bonchev–Trinajstić information content (AvgIpc) is 3.37. The molecule has 0 amide bonds. The minimum absolute atomic E-state index is 0.290. The zero-order valence-corrected chi connectivity index (χ0v) is 24.3. The Hall–Kier alpha value is -2.82. The fourth-order valence-electron chi connectivity index (χ4n) is 5.03. The molecule has 9 heteroatoms. The van der Waals surface area contributed by atoms with Crippen molar-refractivity contribution in [3.63, 3.8) is 0 Å². The van der Waals surface area contributed by atoms with Gasteiger partial charge in [0.2, 0.25) is 10.0 Å². The van der Waals surface area contributed by atoms with Crippen LogP contribution in [-0.4, -0.2) is 68.1 Å². The van der Waals surface area contributed by atoms with Crippen molar-refractivity contribution in [2.45, 2.75) is 31.7 Å². The number of aromatic nitrogens is 1. The molecular weight excluding hydrogens is 528 g/mol. The van der Waals surface area contributed by atoms with Crippen LogP contribution in [0.4, 0.5) is 5.69 Å². The molecule has 1 aromatic heterocycles. The minimum atomic E-state index is -3.53. The normalized spacial score (nSPS) is 15.4. The molecule has 0 spiro atoms. The van der Waals surface area contributed by atoms with Gasteiger partial charge in [0.15, 0.2) is 4.80 Å². The summed E-state index contributed by atoms with van der Waals surface area (Å²) >= 11 is 1.62. The Kier molecular flexibility index (Phi) is 8.94. The molecule has 39 heavy (non-hydrogen) atoms. The number of ether oxygens (including phenoxy) is 1. The predicted molar refractivity (Wildman–Crippen MR) is 159 cm³/mol. The van der Waals surface area contributed by atoms with E-state index in [-0.39, 0.29) is 4.90 Å². The van der Waals surface area contributed by atoms with Crippen molar-refractivity contribution < 1.29 is 13.2 Å². The van der Waals surface area contributed by atoms with E-state index in [1.54, 1.807) is 35.6 Å². The third-order valence-electron chi connectivity index (χ3n) is 7.28. The SMILES string of the molecule is CCN(CC)CCCn1c(-c2cccc3ccccc23)csc1=Nc1ccc(S(=O)(=O)N2CCOCC2)cc1. The van der Waals surface area contributed by atoms with E-state index < -0.39 is 10.0 Å². The summed E-state index contributed by atoms with van der Waals surface area (Å²) in [5, 5.41) is 4.63. The van der Waals surface area contributed by atoms with Crippen LogP contribution in [0.2, 0.25) is 0 Å². The number of hydrogen-bond acceptors (Lipinski definition) is 6. The number of fused-ring (bicyclic) bond motifs is 1. The lowest BCUT2D eigenvalue weighted by molar-refractivity contribution is 0.0730. The summed E-state index contributed by atoms with van der Waals surface area (Å²) in [6.45, 7) is 9.98. The van der Waals surface area contributed by atoms with Crippen LogP contribution in [0.1, 0.15) is 20.3 Å². The van der Waals surface area contributed by atoms with E-state index in [2.05, 4.69) is 71.2 Å². The first-order chi connectivity index (χ1) is 19.0. The predicted octanol–water partition coefficient (Wildman–Crippen LogP) is 5.36. The summed E-state index contributed by atoms with van der Waals surface area (Å²) in [6, 6.07) is 21.8. The van der Waals surface area contributed by atoms with Crippen molar-refractivity contribution in [3.05, 3.63) is 76.9 Å². The third kappa shape index (κ3) is 6.18. The maximum Gasteiger partial charge on any atom is 0.243 e. The molecule has 0 unspecified atom stereocenters. The standard InChI is InChI=1S/C30H36N4O3S2/c1-3-32(4-2)17-8-18-34-29(28-12-7-10-24-9-5-6-11-27(24)28)23-38-30(34)31-25-13-15-26(16-14-25)39(35,36)33-19-21-37-22-20-33/h5-7,9-16,23H,3-4,8,17-22H2,1-2H3. The van der Waals surface area contributed by atoms with Gasteiger partial charge < -0.3 is 14.2 Å². The monoisotopic (exact) mass is 564 g/mol. The highest BCUT2D eigenvalue weighted by Gasteiger charge is 2.26. The van der Waals surface area contributed by atoms with Gasteiger partial charge in [-0.3, -0.25) is 0 Å². The second-order valence-corrected chi connectivity index (χ2v) is 12.4. The Morgan fingerprint density at radius 2 is 1.67 bits per heavy atom. The van der Waals surface area contributed by atoms with Gasteiger partial charge in [0, 0.05) is 30.6 Å². The van der Waals surface area contributed by atoms with Gasteiger partial charge in [0.1, 0.15) is 0 Å². The smallest absolute Gasteiger partial charge is 0.243 e. The van der Waals surface area contributed by atoms with Crippen LogP contribution in [0.25, 0.3) is 22.0 Å². The summed E-state index contributed by atoms with van der Waals surface area (Å²) in [4.78, 5) is 8.61. The maximum absolute atomic E-state index is 13.0. The van der Waals surface area contributed by atoms with Gasteiger partial charge in [0.05, 0.1) is 29.5 Å². The Bertz CT molecular complexity index is 1560. The van der Waals surface area contributed by atoms with Crippen LogP contribution in [-0.2, 0) is 21.3 Å². The lowest BCUT2D eigenvalue weighted by Crippen LogP contribution is -2.40. The molecule has 1 saturated heterocycles. The van der Waals surface area contributed by atoms with Crippen molar-refractivity contribution in [2.24, 2.45) is 4.99 Å². The summed E-state index contributed by atoms with van der Waals surface area (Å²) < 4.78 is 35.2. The van der Waals surface area contributed by atoms with Gasteiger partial charge in [-0.25, -0.2) is 13.4 Å². The molecule has 206 valence electrons. The van der Waals surface area contributed by atoms with Crippen molar-refractivity contribution in [2.75, 3.05) is 45.9 Å². The van der Waals surface area contributed by atoms with Gasteiger partial charge in [-0.1, -0.05) is 56.3 Å². The number of nitrogens with zero attached hydrogens (tertiary/aromatic N) is 4. The van der Waals surface area contributed by atoms with E-state index >= 15 is 0 Å². The number of sulfonamides is 1. The second kappa shape index (κ2) is 12.6. The number of hydrogen-bond donors (Lipinski definition) is 0. The van der Waals surface area contributed by atoms with E-state index in [0.29, 0.717) is 26.3 Å². The largest absolute Gasteiger partial charge is 0.379 e. The van der Waals surface area contributed by atoms with Crippen LogP contribution < -0.4 is 4.80 Å². The molecular formula is C30H36N4O3S2. The van der Waals surface area contributed by atoms with Gasteiger partial charge in [-0.05, 0) is 61.1 Å². The molecule has 0 saturated carbocycles. The summed E-state index contributed by atoms with van der Waals surface area (Å²) in [7, 11) is -3.53. The molecule has 1 fully saturated rings. The Morgan fingerprint density at radius 1 is 0.949 bits per heavy atom. The molecule has 0 bridgehead atoms. The average molecular weight is 565 g/mol. The lowest BCUT2D eigenvalue weighted by atomic mass is 10.0. The first-order valence-corrected chi connectivity index (χ1v) is 15.9. The molecule has 2 heterocycles. The zero-order valence-electron chi connectivity index (χ0n) is 22.6. The van der Waals surface area contributed by atoms with E-state index in [0.717, 1.165) is 48.8 Å². The van der Waals surface area contributed by atoms with Gasteiger partial charge in [-0.2, -0.15) is 4.31 Å². The molecule has 4 aromatic rings. The number of benzene rings is 3. The quantitative estimate of drug-likeness (QED) is 0.260. The molecule has 3 aromatic carbocycles. The van der Waals surface area contributed by atoms with Crippen LogP contribution >= 0.6 is 11.3 Å². The van der Waals surface area contributed by atoms with Crippen molar-refractivity contribution in [1.29, 1.82) is 0 Å².